The molecule has 0 bridgehead atoms. The number of hydrogen-bond acceptors (Lipinski definition) is 3. The Morgan fingerprint density at radius 3 is 2.38 bits per heavy atom. The molecule has 5 heteroatoms. The van der Waals surface area contributed by atoms with E-state index < -0.39 is 35.6 Å². The topological polar surface area (TPSA) is 66.5 Å². The van der Waals surface area contributed by atoms with Crippen LogP contribution >= 0.6 is 0 Å². The predicted octanol–water partition coefficient (Wildman–Crippen LogP) is 0.663. The van der Waals surface area contributed by atoms with Crippen molar-refractivity contribution in [2.75, 3.05) is 6.61 Å². The van der Waals surface area contributed by atoms with E-state index in [0.717, 1.165) is 12.1 Å². The minimum absolute atomic E-state index is 0.400. The van der Waals surface area contributed by atoms with Gasteiger partial charge in [-0.1, -0.05) is 0 Å². The lowest BCUT2D eigenvalue weighted by molar-refractivity contribution is 0.261. The van der Waals surface area contributed by atoms with Gasteiger partial charge in [0.1, 0.15) is 5.82 Å². The highest BCUT2D eigenvalue weighted by molar-refractivity contribution is 5.37. The van der Waals surface area contributed by atoms with Gasteiger partial charge >= 0.3 is 0 Å². The van der Waals surface area contributed by atoms with Crippen molar-refractivity contribution >= 4 is 0 Å². The van der Waals surface area contributed by atoms with Crippen LogP contribution in [0.3, 0.4) is 0 Å². The summed E-state index contributed by atoms with van der Waals surface area (Å²) in [6, 6.07) is 0.522. The van der Waals surface area contributed by atoms with Crippen molar-refractivity contribution in [1.29, 1.82) is 0 Å². The Morgan fingerprint density at radius 2 is 1.85 bits per heavy atom. The first-order chi connectivity index (χ1) is 6.07. The van der Waals surface area contributed by atoms with Crippen LogP contribution in [0.4, 0.5) is 8.78 Å². The molecule has 13 heavy (non-hydrogen) atoms. The Morgan fingerprint density at radius 1 is 1.31 bits per heavy atom. The third-order valence-electron chi connectivity index (χ3n) is 1.68. The minimum atomic E-state index is -1.12. The van der Waals surface area contributed by atoms with Gasteiger partial charge < -0.3 is 15.9 Å². The summed E-state index contributed by atoms with van der Waals surface area (Å²) in [5.41, 5.74) is 4.85. The lowest BCUT2D eigenvalue weighted by Crippen LogP contribution is -2.16. The molecule has 0 unspecified atom stereocenters. The molecule has 0 aliphatic carbocycles. The molecule has 0 spiro atoms. The SMILES string of the molecule is N[C@@H](CO)c1c(F)ccc(F)c1O. The molecule has 0 aromatic heterocycles. The molecule has 3 nitrogen and oxygen atoms in total. The molecule has 1 rings (SSSR count). The van der Waals surface area contributed by atoms with Crippen LogP contribution in [-0.4, -0.2) is 16.8 Å². The molecule has 0 radical (unpaired) electrons. The van der Waals surface area contributed by atoms with Gasteiger partial charge in [0.15, 0.2) is 11.6 Å². The molecule has 0 aliphatic heterocycles. The fourth-order valence-corrected chi connectivity index (χ4v) is 1.00. The van der Waals surface area contributed by atoms with E-state index in [9.17, 15) is 8.78 Å². The van der Waals surface area contributed by atoms with Gasteiger partial charge in [-0.15, -0.1) is 0 Å². The van der Waals surface area contributed by atoms with Gasteiger partial charge in [-0.25, -0.2) is 8.78 Å². The Kier molecular flexibility index (Phi) is 2.79. The van der Waals surface area contributed by atoms with E-state index in [1.807, 2.05) is 0 Å². The van der Waals surface area contributed by atoms with Crippen molar-refractivity contribution in [2.45, 2.75) is 6.04 Å². The van der Waals surface area contributed by atoms with Crippen LogP contribution in [0.5, 0.6) is 5.75 Å². The van der Waals surface area contributed by atoms with E-state index in [4.69, 9.17) is 15.9 Å². The van der Waals surface area contributed by atoms with E-state index in [1.165, 1.54) is 0 Å². The van der Waals surface area contributed by atoms with Gasteiger partial charge in [0, 0.05) is 0 Å². The number of rotatable bonds is 2. The largest absolute Gasteiger partial charge is 0.505 e. The van der Waals surface area contributed by atoms with Crippen molar-refractivity contribution in [3.63, 3.8) is 0 Å². The predicted molar refractivity (Wildman–Crippen MR) is 42.0 cm³/mol. The molecule has 4 N–H and O–H groups in total. The zero-order chi connectivity index (χ0) is 10.0. The monoisotopic (exact) mass is 189 g/mol. The summed E-state index contributed by atoms with van der Waals surface area (Å²) in [6.45, 7) is -0.562. The summed E-state index contributed by atoms with van der Waals surface area (Å²) in [5, 5.41) is 17.7. The smallest absolute Gasteiger partial charge is 0.165 e. The van der Waals surface area contributed by atoms with Gasteiger partial charge in [-0.2, -0.15) is 0 Å². The number of phenolic OH excluding ortho intramolecular Hbond substituents is 1. The molecule has 1 aromatic carbocycles. The van der Waals surface area contributed by atoms with Crippen molar-refractivity contribution < 1.29 is 19.0 Å². The summed E-state index contributed by atoms with van der Waals surface area (Å²) in [4.78, 5) is 0. The second kappa shape index (κ2) is 3.68. The van der Waals surface area contributed by atoms with Gasteiger partial charge in [0.05, 0.1) is 18.2 Å². The number of aliphatic hydroxyl groups excluding tert-OH is 1. The van der Waals surface area contributed by atoms with E-state index in [-0.39, 0.29) is 0 Å². The summed E-state index contributed by atoms with van der Waals surface area (Å²) in [7, 11) is 0. The molecular weight excluding hydrogens is 180 g/mol. The average Bonchev–Trinajstić information content (AvgIpc) is 2.12. The molecule has 1 aromatic rings. The zero-order valence-electron chi connectivity index (χ0n) is 6.67. The highest BCUT2D eigenvalue weighted by Gasteiger charge is 2.18. The van der Waals surface area contributed by atoms with Gasteiger partial charge in [-0.05, 0) is 12.1 Å². The maximum Gasteiger partial charge on any atom is 0.165 e. The van der Waals surface area contributed by atoms with Crippen LogP contribution in [-0.2, 0) is 0 Å². The highest BCUT2D eigenvalue weighted by Crippen LogP contribution is 2.28. The Bertz CT molecular complexity index is 317. The third-order valence-corrected chi connectivity index (χ3v) is 1.68. The van der Waals surface area contributed by atoms with Crippen molar-refractivity contribution in [3.8, 4) is 5.75 Å². The molecule has 0 heterocycles. The number of nitrogens with two attached hydrogens (primary N) is 1. The van der Waals surface area contributed by atoms with Gasteiger partial charge in [-0.3, -0.25) is 0 Å². The van der Waals surface area contributed by atoms with Crippen LogP contribution in [0.15, 0.2) is 12.1 Å². The van der Waals surface area contributed by atoms with Crippen LogP contribution < -0.4 is 5.73 Å². The van der Waals surface area contributed by atoms with Crippen LogP contribution in [0.1, 0.15) is 11.6 Å². The lowest BCUT2D eigenvalue weighted by atomic mass is 10.1. The van der Waals surface area contributed by atoms with E-state index in [2.05, 4.69) is 0 Å². The van der Waals surface area contributed by atoms with E-state index >= 15 is 0 Å². The molecule has 0 amide bonds. The minimum Gasteiger partial charge on any atom is -0.505 e. The van der Waals surface area contributed by atoms with E-state index in [0.29, 0.717) is 0 Å². The number of aromatic hydroxyl groups is 1. The fourth-order valence-electron chi connectivity index (χ4n) is 1.00. The summed E-state index contributed by atoms with van der Waals surface area (Å²) >= 11 is 0. The van der Waals surface area contributed by atoms with Gasteiger partial charge in [0.25, 0.3) is 0 Å². The Balaban J connectivity index is 3.25. The van der Waals surface area contributed by atoms with Crippen molar-refractivity contribution in [2.24, 2.45) is 5.73 Å². The second-order valence-electron chi connectivity index (χ2n) is 2.58. The average molecular weight is 189 g/mol. The Hall–Kier alpha value is -1.20. The molecule has 0 saturated heterocycles. The Labute approximate surface area is 73.4 Å². The quantitative estimate of drug-likeness (QED) is 0.640. The molecule has 72 valence electrons. The summed E-state index contributed by atoms with van der Waals surface area (Å²) < 4.78 is 25.7. The maximum atomic E-state index is 13.0. The normalized spacial score (nSPS) is 12.9. The molecule has 0 aliphatic rings. The first kappa shape index (κ1) is 9.88. The molecular formula is C8H9F2NO2. The fraction of sp³-hybridized carbons (Fsp3) is 0.250. The number of hydrogen-bond donors (Lipinski definition) is 3. The maximum absolute atomic E-state index is 13.0. The number of benzene rings is 1. The number of phenols is 1. The first-order valence-corrected chi connectivity index (χ1v) is 3.61. The highest BCUT2D eigenvalue weighted by atomic mass is 19.1. The van der Waals surface area contributed by atoms with Crippen molar-refractivity contribution in [1.82, 2.24) is 0 Å². The second-order valence-corrected chi connectivity index (χ2v) is 2.58. The van der Waals surface area contributed by atoms with E-state index in [1.54, 1.807) is 0 Å². The third kappa shape index (κ3) is 1.76. The van der Waals surface area contributed by atoms with Crippen molar-refractivity contribution in [3.05, 3.63) is 29.3 Å². The zero-order valence-corrected chi connectivity index (χ0v) is 6.67. The summed E-state index contributed by atoms with van der Waals surface area (Å²) in [5.74, 6) is -2.64. The molecule has 1 atom stereocenters. The van der Waals surface area contributed by atoms with Crippen LogP contribution in [0.2, 0.25) is 0 Å². The summed E-state index contributed by atoms with van der Waals surface area (Å²) in [6.07, 6.45) is 0. The number of aliphatic hydroxyl groups is 1. The number of halogens is 2. The molecule has 0 saturated carbocycles. The standard InChI is InChI=1S/C8H9F2NO2/c9-4-1-2-5(10)8(13)7(4)6(11)3-12/h1-2,6,12-13H,3,11H2/t6-/m0/s1. The lowest BCUT2D eigenvalue weighted by Gasteiger charge is -2.11. The molecule has 0 fully saturated rings. The van der Waals surface area contributed by atoms with Crippen LogP contribution in [0.25, 0.3) is 0 Å². The van der Waals surface area contributed by atoms with Crippen LogP contribution in [0, 0.1) is 11.6 Å². The van der Waals surface area contributed by atoms with Gasteiger partial charge in [0.2, 0.25) is 0 Å². The first-order valence-electron chi connectivity index (χ1n) is 3.61.